The maximum atomic E-state index is 12.6. The van der Waals surface area contributed by atoms with Crippen molar-refractivity contribution in [2.24, 2.45) is 0 Å². The van der Waals surface area contributed by atoms with Crippen LogP contribution in [0, 0.1) is 0 Å². The molecule has 0 saturated heterocycles. The standard InChI is InChI=1S/C18H21N5O3S3/c1-3-23-17(13-6-9-19-10-7-13)21-22-18(23)27-12-15(24)16-5-4-14(28-16)8-11-20-29(2,25)26/h4-7,9-10,20H,3,8,11-12H2,1-2H3. The zero-order chi connectivity index (χ0) is 20.9. The maximum absolute atomic E-state index is 12.6. The van der Waals surface area contributed by atoms with Crippen LogP contribution >= 0.6 is 23.1 Å². The van der Waals surface area contributed by atoms with Gasteiger partial charge in [0.2, 0.25) is 10.0 Å². The molecule has 3 aromatic heterocycles. The van der Waals surface area contributed by atoms with Crippen molar-refractivity contribution in [3.8, 4) is 11.4 Å². The number of hydrogen-bond donors (Lipinski definition) is 1. The number of carbonyl (C=O) groups is 1. The van der Waals surface area contributed by atoms with Crippen LogP contribution in [-0.2, 0) is 23.0 Å². The average Bonchev–Trinajstić information content (AvgIpc) is 3.32. The van der Waals surface area contributed by atoms with Gasteiger partial charge in [-0.2, -0.15) is 0 Å². The monoisotopic (exact) mass is 451 g/mol. The van der Waals surface area contributed by atoms with Crippen molar-refractivity contribution in [3.05, 3.63) is 46.4 Å². The molecule has 0 fully saturated rings. The molecule has 0 unspecified atom stereocenters. The first-order valence-corrected chi connectivity index (χ1v) is 12.6. The van der Waals surface area contributed by atoms with E-state index in [2.05, 4.69) is 19.9 Å². The lowest BCUT2D eigenvalue weighted by molar-refractivity contribution is 0.102. The summed E-state index contributed by atoms with van der Waals surface area (Å²) >= 11 is 2.75. The molecular weight excluding hydrogens is 430 g/mol. The minimum Gasteiger partial charge on any atom is -0.302 e. The first kappa shape index (κ1) is 21.6. The molecule has 3 heterocycles. The van der Waals surface area contributed by atoms with Gasteiger partial charge in [0.15, 0.2) is 16.8 Å². The predicted octanol–water partition coefficient (Wildman–Crippen LogP) is 2.49. The Kier molecular flexibility index (Phi) is 7.17. The van der Waals surface area contributed by atoms with E-state index < -0.39 is 10.0 Å². The Bertz CT molecular complexity index is 1080. The predicted molar refractivity (Wildman–Crippen MR) is 115 cm³/mol. The van der Waals surface area contributed by atoms with Crippen molar-refractivity contribution >= 4 is 38.9 Å². The van der Waals surface area contributed by atoms with E-state index >= 15 is 0 Å². The summed E-state index contributed by atoms with van der Waals surface area (Å²) in [6.07, 6.45) is 5.10. The molecule has 11 heteroatoms. The van der Waals surface area contributed by atoms with E-state index in [1.54, 1.807) is 18.5 Å². The molecule has 8 nitrogen and oxygen atoms in total. The topological polar surface area (TPSA) is 107 Å². The third-order valence-electron chi connectivity index (χ3n) is 3.98. The number of Topliss-reactive ketones (excluding diaryl/α,β-unsaturated/α-hetero) is 1. The number of ketones is 1. The Morgan fingerprint density at radius 3 is 2.66 bits per heavy atom. The second kappa shape index (κ2) is 9.61. The Labute approximate surface area is 177 Å². The molecule has 0 saturated carbocycles. The molecule has 3 rings (SSSR count). The van der Waals surface area contributed by atoms with Crippen molar-refractivity contribution in [2.45, 2.75) is 25.0 Å². The molecule has 29 heavy (non-hydrogen) atoms. The minimum absolute atomic E-state index is 0.0124. The largest absolute Gasteiger partial charge is 0.302 e. The number of hydrogen-bond acceptors (Lipinski definition) is 8. The maximum Gasteiger partial charge on any atom is 0.208 e. The molecule has 0 amide bonds. The Balaban J connectivity index is 1.61. The van der Waals surface area contributed by atoms with Gasteiger partial charge in [-0.05, 0) is 37.6 Å². The van der Waals surface area contributed by atoms with Crippen LogP contribution in [0.4, 0.5) is 0 Å². The highest BCUT2D eigenvalue weighted by Crippen LogP contribution is 2.25. The van der Waals surface area contributed by atoms with Gasteiger partial charge in [0.25, 0.3) is 0 Å². The Morgan fingerprint density at radius 2 is 1.97 bits per heavy atom. The van der Waals surface area contributed by atoms with Crippen LogP contribution in [0.2, 0.25) is 0 Å². The summed E-state index contributed by atoms with van der Waals surface area (Å²) in [5.41, 5.74) is 0.929. The Morgan fingerprint density at radius 1 is 1.21 bits per heavy atom. The molecule has 0 aliphatic carbocycles. The molecule has 1 N–H and O–H groups in total. The third kappa shape index (κ3) is 5.95. The van der Waals surface area contributed by atoms with Crippen molar-refractivity contribution in [2.75, 3.05) is 18.6 Å². The lowest BCUT2D eigenvalue weighted by atomic mass is 10.2. The number of sulfonamides is 1. The highest BCUT2D eigenvalue weighted by atomic mass is 32.2. The van der Waals surface area contributed by atoms with Gasteiger partial charge >= 0.3 is 0 Å². The smallest absolute Gasteiger partial charge is 0.208 e. The van der Waals surface area contributed by atoms with E-state index in [-0.39, 0.29) is 11.5 Å². The minimum atomic E-state index is -3.20. The van der Waals surface area contributed by atoms with E-state index in [0.29, 0.717) is 29.5 Å². The van der Waals surface area contributed by atoms with E-state index in [0.717, 1.165) is 22.5 Å². The summed E-state index contributed by atoms with van der Waals surface area (Å²) in [6.45, 7) is 3.02. The van der Waals surface area contributed by atoms with E-state index in [1.165, 1.54) is 23.1 Å². The van der Waals surface area contributed by atoms with Crippen LogP contribution in [0.5, 0.6) is 0 Å². The lowest BCUT2D eigenvalue weighted by Crippen LogP contribution is -2.23. The van der Waals surface area contributed by atoms with E-state index in [1.807, 2.05) is 29.7 Å². The van der Waals surface area contributed by atoms with Gasteiger partial charge in [0, 0.05) is 35.9 Å². The SMILES string of the molecule is CCn1c(SCC(=O)c2ccc(CCNS(C)(=O)=O)s2)nnc1-c1ccncc1. The average molecular weight is 452 g/mol. The summed E-state index contributed by atoms with van der Waals surface area (Å²) in [5, 5.41) is 9.20. The fraction of sp³-hybridized carbons (Fsp3) is 0.333. The first-order valence-electron chi connectivity index (χ1n) is 8.90. The highest BCUT2D eigenvalue weighted by Gasteiger charge is 2.16. The number of nitrogens with one attached hydrogen (secondary N) is 1. The van der Waals surface area contributed by atoms with Gasteiger partial charge < -0.3 is 4.57 Å². The van der Waals surface area contributed by atoms with E-state index in [4.69, 9.17) is 0 Å². The molecule has 0 aliphatic rings. The molecule has 0 aliphatic heterocycles. The molecule has 0 radical (unpaired) electrons. The number of aromatic nitrogens is 4. The third-order valence-corrected chi connectivity index (χ3v) is 6.86. The Hall–Kier alpha value is -2.08. The van der Waals surface area contributed by atoms with Gasteiger partial charge in [-0.25, -0.2) is 13.1 Å². The van der Waals surface area contributed by atoms with Crippen LogP contribution in [0.1, 0.15) is 21.5 Å². The van der Waals surface area contributed by atoms with Crippen LogP contribution in [0.25, 0.3) is 11.4 Å². The van der Waals surface area contributed by atoms with Gasteiger partial charge in [-0.3, -0.25) is 9.78 Å². The van der Waals surface area contributed by atoms with Gasteiger partial charge in [0.05, 0.1) is 16.9 Å². The number of nitrogens with zero attached hydrogens (tertiary/aromatic N) is 4. The van der Waals surface area contributed by atoms with Gasteiger partial charge in [0.1, 0.15) is 0 Å². The molecule has 0 bridgehead atoms. The van der Waals surface area contributed by atoms with Crippen molar-refractivity contribution in [1.82, 2.24) is 24.5 Å². The zero-order valence-electron chi connectivity index (χ0n) is 16.0. The molecule has 0 aromatic carbocycles. The van der Waals surface area contributed by atoms with Crippen LogP contribution in [0.3, 0.4) is 0 Å². The summed E-state index contributed by atoms with van der Waals surface area (Å²) in [7, 11) is -3.20. The second-order valence-electron chi connectivity index (χ2n) is 6.18. The van der Waals surface area contributed by atoms with Crippen molar-refractivity contribution in [3.63, 3.8) is 0 Å². The quantitative estimate of drug-likeness (QED) is 0.373. The zero-order valence-corrected chi connectivity index (χ0v) is 18.5. The lowest BCUT2D eigenvalue weighted by Gasteiger charge is -2.06. The van der Waals surface area contributed by atoms with Crippen molar-refractivity contribution in [1.29, 1.82) is 0 Å². The number of pyridine rings is 1. The van der Waals surface area contributed by atoms with Crippen molar-refractivity contribution < 1.29 is 13.2 Å². The number of rotatable bonds is 10. The molecule has 154 valence electrons. The fourth-order valence-electron chi connectivity index (χ4n) is 2.62. The van der Waals surface area contributed by atoms with Crippen LogP contribution in [0.15, 0.2) is 41.8 Å². The summed E-state index contributed by atoms with van der Waals surface area (Å²) in [4.78, 5) is 18.2. The molecule has 3 aromatic rings. The highest BCUT2D eigenvalue weighted by molar-refractivity contribution is 7.99. The van der Waals surface area contributed by atoms with Gasteiger partial charge in [-0.1, -0.05) is 11.8 Å². The first-order chi connectivity index (χ1) is 13.9. The fourth-order valence-corrected chi connectivity index (χ4v) is 5.01. The molecular formula is C18H21N5O3S3. The number of carbonyl (C=O) groups excluding carboxylic acids is 1. The van der Waals surface area contributed by atoms with E-state index in [9.17, 15) is 13.2 Å². The normalized spacial score (nSPS) is 11.7. The molecule has 0 spiro atoms. The number of thioether (sulfide) groups is 1. The van der Waals surface area contributed by atoms with Crippen LogP contribution in [-0.4, -0.2) is 52.5 Å². The number of thiophene rings is 1. The van der Waals surface area contributed by atoms with Gasteiger partial charge in [-0.15, -0.1) is 21.5 Å². The summed E-state index contributed by atoms with van der Waals surface area (Å²) in [6, 6.07) is 7.40. The van der Waals surface area contributed by atoms with Crippen LogP contribution < -0.4 is 4.72 Å². The summed E-state index contributed by atoms with van der Waals surface area (Å²) < 4.78 is 26.7. The summed E-state index contributed by atoms with van der Waals surface area (Å²) in [5.74, 6) is 1.02. The molecule has 0 atom stereocenters. The second-order valence-corrected chi connectivity index (χ2v) is 10.1.